The van der Waals surface area contributed by atoms with E-state index >= 15 is 0 Å². The molecule has 0 bridgehead atoms. The molecule has 23 heavy (non-hydrogen) atoms. The Kier molecular flexibility index (Phi) is 5.63. The van der Waals surface area contributed by atoms with Gasteiger partial charge in [-0.1, -0.05) is 23.7 Å². The van der Waals surface area contributed by atoms with Gasteiger partial charge in [-0.25, -0.2) is 0 Å². The number of hydrogen-bond acceptors (Lipinski definition) is 4. The molecule has 0 heterocycles. The van der Waals surface area contributed by atoms with Crippen LogP contribution in [0.3, 0.4) is 0 Å². The first-order valence-electron chi connectivity index (χ1n) is 6.74. The normalized spacial score (nSPS) is 10.4. The Hall–Kier alpha value is -2.05. The predicted molar refractivity (Wildman–Crippen MR) is 92.1 cm³/mol. The minimum atomic E-state index is -0.454. The van der Waals surface area contributed by atoms with E-state index in [0.717, 1.165) is 4.90 Å². The Balaban J connectivity index is 2.20. The Morgan fingerprint density at radius 3 is 2.70 bits per heavy atom. The van der Waals surface area contributed by atoms with E-state index in [1.54, 1.807) is 31.3 Å². The molecule has 5 nitrogen and oxygen atoms in total. The third-order valence-electron chi connectivity index (χ3n) is 3.29. The van der Waals surface area contributed by atoms with Gasteiger partial charge in [0.1, 0.15) is 0 Å². The highest BCUT2D eigenvalue weighted by molar-refractivity contribution is 7.98. The van der Waals surface area contributed by atoms with Crippen LogP contribution in [-0.4, -0.2) is 29.0 Å². The third kappa shape index (κ3) is 4.24. The summed E-state index contributed by atoms with van der Waals surface area (Å²) in [6.45, 7) is 0.264. The van der Waals surface area contributed by atoms with Gasteiger partial charge in [0.05, 0.1) is 15.5 Å². The van der Waals surface area contributed by atoms with E-state index < -0.39 is 4.92 Å². The summed E-state index contributed by atoms with van der Waals surface area (Å²) in [5.41, 5.74) is 1.12. The Morgan fingerprint density at radius 2 is 2.04 bits per heavy atom. The number of benzene rings is 2. The summed E-state index contributed by atoms with van der Waals surface area (Å²) in [4.78, 5) is 25.4. The number of amides is 1. The molecule has 0 aliphatic rings. The van der Waals surface area contributed by atoms with Crippen molar-refractivity contribution in [3.8, 4) is 0 Å². The van der Waals surface area contributed by atoms with Gasteiger partial charge < -0.3 is 4.90 Å². The molecule has 1 amide bonds. The van der Waals surface area contributed by atoms with E-state index in [-0.39, 0.29) is 18.1 Å². The molecule has 0 aliphatic carbocycles. The number of nitro benzene ring substituents is 1. The van der Waals surface area contributed by atoms with Crippen LogP contribution < -0.4 is 0 Å². The summed E-state index contributed by atoms with van der Waals surface area (Å²) < 4.78 is 0. The summed E-state index contributed by atoms with van der Waals surface area (Å²) in [7, 11) is 1.64. The quantitative estimate of drug-likeness (QED) is 0.459. The molecule has 0 fully saturated rings. The molecule has 2 aromatic rings. The monoisotopic (exact) mass is 350 g/mol. The van der Waals surface area contributed by atoms with Crippen LogP contribution in [0.4, 0.5) is 5.69 Å². The minimum Gasteiger partial charge on any atom is -0.337 e. The van der Waals surface area contributed by atoms with Crippen molar-refractivity contribution in [3.63, 3.8) is 0 Å². The van der Waals surface area contributed by atoms with Crippen LogP contribution in [-0.2, 0) is 6.54 Å². The van der Waals surface area contributed by atoms with E-state index in [1.807, 2.05) is 12.3 Å². The van der Waals surface area contributed by atoms with Gasteiger partial charge in [-0.05, 0) is 30.0 Å². The lowest BCUT2D eigenvalue weighted by molar-refractivity contribution is -0.384. The first-order chi connectivity index (χ1) is 10.9. The van der Waals surface area contributed by atoms with Gasteiger partial charge >= 0.3 is 0 Å². The first kappa shape index (κ1) is 17.3. The number of halogens is 1. The number of carbonyl (C=O) groups is 1. The second-order valence-corrected chi connectivity index (χ2v) is 6.22. The number of non-ortho nitro benzene ring substituents is 1. The van der Waals surface area contributed by atoms with Gasteiger partial charge in [0.25, 0.3) is 11.6 Å². The van der Waals surface area contributed by atoms with Crippen LogP contribution in [0.5, 0.6) is 0 Å². The summed E-state index contributed by atoms with van der Waals surface area (Å²) in [6, 6.07) is 11.5. The van der Waals surface area contributed by atoms with Crippen molar-refractivity contribution < 1.29 is 9.72 Å². The van der Waals surface area contributed by atoms with E-state index in [2.05, 4.69) is 0 Å². The topological polar surface area (TPSA) is 63.5 Å². The lowest BCUT2D eigenvalue weighted by atomic mass is 10.1. The van der Waals surface area contributed by atoms with Crippen LogP contribution in [0, 0.1) is 10.1 Å². The van der Waals surface area contributed by atoms with Gasteiger partial charge in [-0.3, -0.25) is 14.9 Å². The highest BCUT2D eigenvalue weighted by Gasteiger charge is 2.17. The van der Waals surface area contributed by atoms with Gasteiger partial charge in [-0.15, -0.1) is 11.8 Å². The van der Waals surface area contributed by atoms with Crippen molar-refractivity contribution in [3.05, 3.63) is 68.7 Å². The fourth-order valence-corrected chi connectivity index (χ4v) is 2.75. The Bertz CT molecular complexity index is 752. The van der Waals surface area contributed by atoms with Crippen molar-refractivity contribution in [2.45, 2.75) is 11.4 Å². The fraction of sp³-hybridized carbons (Fsp3) is 0.188. The zero-order chi connectivity index (χ0) is 17.0. The molecule has 0 spiro atoms. The Labute approximate surface area is 143 Å². The van der Waals surface area contributed by atoms with Crippen LogP contribution >= 0.6 is 23.4 Å². The molecule has 0 saturated heterocycles. The lowest BCUT2D eigenvalue weighted by Crippen LogP contribution is -2.26. The van der Waals surface area contributed by atoms with Gasteiger partial charge in [-0.2, -0.15) is 0 Å². The molecule has 0 aromatic heterocycles. The summed E-state index contributed by atoms with van der Waals surface area (Å²) >= 11 is 7.64. The zero-order valence-electron chi connectivity index (χ0n) is 12.7. The average Bonchev–Trinajstić information content (AvgIpc) is 2.54. The maximum Gasteiger partial charge on any atom is 0.269 e. The number of rotatable bonds is 5. The van der Waals surface area contributed by atoms with E-state index in [9.17, 15) is 14.9 Å². The molecule has 0 N–H and O–H groups in total. The second-order valence-electron chi connectivity index (χ2n) is 4.93. The number of nitrogens with zero attached hydrogens (tertiary/aromatic N) is 2. The first-order valence-corrected chi connectivity index (χ1v) is 8.35. The molecule has 0 aliphatic heterocycles. The Morgan fingerprint density at radius 1 is 1.30 bits per heavy atom. The van der Waals surface area contributed by atoms with E-state index in [1.165, 1.54) is 28.8 Å². The summed E-state index contributed by atoms with van der Waals surface area (Å²) in [5.74, 6) is -0.225. The molecule has 2 rings (SSSR count). The number of carbonyl (C=O) groups excluding carboxylic acids is 1. The number of thioether (sulfide) groups is 1. The number of nitro groups is 1. The SMILES string of the molecule is CSc1ccc(Cl)c(C(=O)N(C)Cc2cccc([N+](=O)[O-])c2)c1. The second kappa shape index (κ2) is 7.48. The van der Waals surface area contributed by atoms with Crippen LogP contribution in [0.1, 0.15) is 15.9 Å². The molecule has 120 valence electrons. The van der Waals surface area contributed by atoms with Crippen molar-refractivity contribution in [2.24, 2.45) is 0 Å². The predicted octanol–water partition coefficient (Wildman–Crippen LogP) is 4.24. The molecule has 7 heteroatoms. The van der Waals surface area contributed by atoms with E-state index in [4.69, 9.17) is 11.6 Å². The van der Waals surface area contributed by atoms with Gasteiger partial charge in [0.2, 0.25) is 0 Å². The van der Waals surface area contributed by atoms with Crippen molar-refractivity contribution in [2.75, 3.05) is 13.3 Å². The summed E-state index contributed by atoms with van der Waals surface area (Å²) in [5, 5.41) is 11.2. The fourth-order valence-electron chi connectivity index (χ4n) is 2.11. The zero-order valence-corrected chi connectivity index (χ0v) is 14.2. The minimum absolute atomic E-state index is 0.00533. The van der Waals surface area contributed by atoms with Gasteiger partial charge in [0.15, 0.2) is 0 Å². The maximum atomic E-state index is 12.6. The van der Waals surface area contributed by atoms with Crippen molar-refractivity contribution in [1.82, 2.24) is 4.90 Å². The largest absolute Gasteiger partial charge is 0.337 e. The molecule has 0 unspecified atom stereocenters. The van der Waals surface area contributed by atoms with Crippen molar-refractivity contribution >= 4 is 35.0 Å². The molecule has 2 aromatic carbocycles. The molecule has 0 saturated carbocycles. The summed E-state index contributed by atoms with van der Waals surface area (Å²) in [6.07, 6.45) is 1.92. The smallest absolute Gasteiger partial charge is 0.269 e. The lowest BCUT2D eigenvalue weighted by Gasteiger charge is -2.18. The van der Waals surface area contributed by atoms with Crippen molar-refractivity contribution in [1.29, 1.82) is 0 Å². The molecular weight excluding hydrogens is 336 g/mol. The maximum absolute atomic E-state index is 12.6. The van der Waals surface area contributed by atoms with Crippen LogP contribution in [0.15, 0.2) is 47.4 Å². The third-order valence-corrected chi connectivity index (χ3v) is 4.35. The number of hydrogen-bond donors (Lipinski definition) is 0. The van der Waals surface area contributed by atoms with Gasteiger partial charge in [0, 0.05) is 30.6 Å². The van der Waals surface area contributed by atoms with Crippen LogP contribution in [0.2, 0.25) is 5.02 Å². The standard InChI is InChI=1S/C16H15ClN2O3S/c1-18(10-11-4-3-5-12(8-11)19(21)22)16(20)14-9-13(23-2)6-7-15(14)17/h3-9H,10H2,1-2H3. The molecule has 0 atom stereocenters. The highest BCUT2D eigenvalue weighted by Crippen LogP contribution is 2.24. The van der Waals surface area contributed by atoms with E-state index in [0.29, 0.717) is 16.1 Å². The average molecular weight is 351 g/mol. The molecular formula is C16H15ClN2O3S. The molecule has 0 radical (unpaired) electrons. The van der Waals surface area contributed by atoms with Crippen LogP contribution in [0.25, 0.3) is 0 Å². The highest BCUT2D eigenvalue weighted by atomic mass is 35.5.